The first-order valence-electron chi connectivity index (χ1n) is 4.11. The van der Waals surface area contributed by atoms with Gasteiger partial charge in [-0.1, -0.05) is 0 Å². The van der Waals surface area contributed by atoms with E-state index in [0.717, 1.165) is 5.56 Å². The average molecular weight is 193 g/mol. The molecule has 0 aliphatic carbocycles. The number of rotatable bonds is 3. The van der Waals surface area contributed by atoms with Crippen LogP contribution in [0.5, 0.6) is 0 Å². The van der Waals surface area contributed by atoms with Gasteiger partial charge in [-0.2, -0.15) is 5.10 Å². The Bertz CT molecular complexity index is 394. The Morgan fingerprint density at radius 3 is 2.93 bits per heavy atom. The Morgan fingerprint density at radius 2 is 2.43 bits per heavy atom. The Kier molecular flexibility index (Phi) is 2.21. The number of aromatic amines is 1. The lowest BCUT2D eigenvalue weighted by Gasteiger charge is -2.11. The van der Waals surface area contributed by atoms with Gasteiger partial charge in [-0.15, -0.1) is 0 Å². The van der Waals surface area contributed by atoms with Crippen molar-refractivity contribution in [2.75, 3.05) is 5.73 Å². The van der Waals surface area contributed by atoms with E-state index in [-0.39, 0.29) is 6.04 Å². The standard InChI is InChI=1S/C8H11N5O/c9-8-5(4-11-13-8)7(12-10)6-2-1-3-14-6/h1-4,7,12H,10H2,(H3,9,11,13). The van der Waals surface area contributed by atoms with Crippen molar-refractivity contribution < 1.29 is 4.42 Å². The molecule has 0 aromatic carbocycles. The number of nitrogen functional groups attached to an aromatic ring is 1. The largest absolute Gasteiger partial charge is 0.467 e. The van der Waals surface area contributed by atoms with Crippen LogP contribution in [-0.2, 0) is 0 Å². The second-order valence-electron chi connectivity index (χ2n) is 2.85. The van der Waals surface area contributed by atoms with Gasteiger partial charge in [0.1, 0.15) is 17.6 Å². The molecule has 0 radical (unpaired) electrons. The molecule has 6 nitrogen and oxygen atoms in total. The van der Waals surface area contributed by atoms with Crippen LogP contribution in [0.15, 0.2) is 29.0 Å². The third-order valence-corrected chi connectivity index (χ3v) is 2.01. The summed E-state index contributed by atoms with van der Waals surface area (Å²) in [6, 6.07) is 3.33. The topological polar surface area (TPSA) is 106 Å². The highest BCUT2D eigenvalue weighted by Crippen LogP contribution is 2.24. The molecule has 0 bridgehead atoms. The van der Waals surface area contributed by atoms with Crippen LogP contribution in [-0.4, -0.2) is 10.2 Å². The Labute approximate surface area is 80.2 Å². The molecule has 6 heteroatoms. The molecule has 0 fully saturated rings. The van der Waals surface area contributed by atoms with Crippen molar-refractivity contribution in [2.45, 2.75) is 6.04 Å². The van der Waals surface area contributed by atoms with Crippen molar-refractivity contribution in [3.8, 4) is 0 Å². The third-order valence-electron chi connectivity index (χ3n) is 2.01. The van der Waals surface area contributed by atoms with Crippen molar-refractivity contribution >= 4 is 5.82 Å². The van der Waals surface area contributed by atoms with E-state index in [1.54, 1.807) is 18.5 Å². The summed E-state index contributed by atoms with van der Waals surface area (Å²) in [7, 11) is 0. The quantitative estimate of drug-likeness (QED) is 0.409. The Hall–Kier alpha value is -1.79. The molecule has 0 saturated carbocycles. The summed E-state index contributed by atoms with van der Waals surface area (Å²) in [5.41, 5.74) is 9.05. The Balaban J connectivity index is 2.36. The summed E-state index contributed by atoms with van der Waals surface area (Å²) in [4.78, 5) is 0. The van der Waals surface area contributed by atoms with Crippen LogP contribution in [0.25, 0.3) is 0 Å². The normalized spacial score (nSPS) is 12.9. The molecule has 2 aromatic heterocycles. The maximum Gasteiger partial charge on any atom is 0.126 e. The minimum atomic E-state index is -0.274. The van der Waals surface area contributed by atoms with E-state index in [9.17, 15) is 0 Å². The van der Waals surface area contributed by atoms with Gasteiger partial charge >= 0.3 is 0 Å². The van der Waals surface area contributed by atoms with Gasteiger partial charge in [-0.3, -0.25) is 10.9 Å². The molecule has 2 aromatic rings. The number of anilines is 1. The van der Waals surface area contributed by atoms with Gasteiger partial charge < -0.3 is 10.2 Å². The summed E-state index contributed by atoms with van der Waals surface area (Å²) in [5.74, 6) is 6.59. The molecular weight excluding hydrogens is 182 g/mol. The number of hydrogen-bond acceptors (Lipinski definition) is 5. The first-order chi connectivity index (χ1) is 6.83. The predicted octanol–water partition coefficient (Wildman–Crippen LogP) is 0.138. The SMILES string of the molecule is NNC(c1ccco1)c1cn[nH]c1N. The van der Waals surface area contributed by atoms with Gasteiger partial charge in [0.25, 0.3) is 0 Å². The molecule has 74 valence electrons. The smallest absolute Gasteiger partial charge is 0.126 e. The summed E-state index contributed by atoms with van der Waals surface area (Å²) in [5, 5.41) is 6.45. The molecule has 2 heterocycles. The number of H-pyrrole nitrogens is 1. The fourth-order valence-corrected chi connectivity index (χ4v) is 1.32. The van der Waals surface area contributed by atoms with E-state index in [0.29, 0.717) is 11.6 Å². The van der Waals surface area contributed by atoms with Crippen molar-refractivity contribution in [3.63, 3.8) is 0 Å². The monoisotopic (exact) mass is 193 g/mol. The highest BCUT2D eigenvalue weighted by atomic mass is 16.3. The van der Waals surface area contributed by atoms with Gasteiger partial charge in [-0.25, -0.2) is 5.43 Å². The highest BCUT2D eigenvalue weighted by molar-refractivity contribution is 5.42. The highest BCUT2D eigenvalue weighted by Gasteiger charge is 2.18. The summed E-state index contributed by atoms with van der Waals surface area (Å²) >= 11 is 0. The summed E-state index contributed by atoms with van der Waals surface area (Å²) in [6.07, 6.45) is 3.19. The van der Waals surface area contributed by atoms with E-state index in [2.05, 4.69) is 15.6 Å². The zero-order valence-electron chi connectivity index (χ0n) is 7.40. The van der Waals surface area contributed by atoms with Crippen LogP contribution in [0.2, 0.25) is 0 Å². The van der Waals surface area contributed by atoms with E-state index in [4.69, 9.17) is 16.0 Å². The van der Waals surface area contributed by atoms with Crippen LogP contribution in [0, 0.1) is 0 Å². The summed E-state index contributed by atoms with van der Waals surface area (Å²) in [6.45, 7) is 0. The second-order valence-corrected chi connectivity index (χ2v) is 2.85. The number of nitrogens with one attached hydrogen (secondary N) is 2. The zero-order valence-corrected chi connectivity index (χ0v) is 7.40. The van der Waals surface area contributed by atoms with Gasteiger partial charge in [0.05, 0.1) is 12.5 Å². The number of hydrogen-bond donors (Lipinski definition) is 4. The predicted molar refractivity (Wildman–Crippen MR) is 50.9 cm³/mol. The number of nitrogens with two attached hydrogens (primary N) is 2. The van der Waals surface area contributed by atoms with E-state index < -0.39 is 0 Å². The van der Waals surface area contributed by atoms with Crippen molar-refractivity contribution in [1.82, 2.24) is 15.6 Å². The number of nitrogens with zero attached hydrogens (tertiary/aromatic N) is 1. The van der Waals surface area contributed by atoms with E-state index in [1.807, 2.05) is 6.07 Å². The molecule has 1 unspecified atom stereocenters. The molecule has 0 saturated heterocycles. The first-order valence-corrected chi connectivity index (χ1v) is 4.11. The lowest BCUT2D eigenvalue weighted by atomic mass is 10.1. The maximum atomic E-state index is 5.67. The third kappa shape index (κ3) is 1.36. The fraction of sp³-hybridized carbons (Fsp3) is 0.125. The molecular formula is C8H11N5O. The van der Waals surface area contributed by atoms with Crippen LogP contribution >= 0.6 is 0 Å². The zero-order chi connectivity index (χ0) is 9.97. The van der Waals surface area contributed by atoms with Gasteiger partial charge in [0.2, 0.25) is 0 Å². The van der Waals surface area contributed by atoms with Crippen molar-refractivity contribution in [1.29, 1.82) is 0 Å². The van der Waals surface area contributed by atoms with E-state index >= 15 is 0 Å². The van der Waals surface area contributed by atoms with Crippen LogP contribution in [0.4, 0.5) is 5.82 Å². The maximum absolute atomic E-state index is 5.67. The second kappa shape index (κ2) is 3.52. The number of aromatic nitrogens is 2. The molecule has 0 aliphatic heterocycles. The molecule has 2 rings (SSSR count). The van der Waals surface area contributed by atoms with Gasteiger partial charge in [0.15, 0.2) is 0 Å². The average Bonchev–Trinajstić information content (AvgIpc) is 2.80. The van der Waals surface area contributed by atoms with Gasteiger partial charge in [-0.05, 0) is 12.1 Å². The van der Waals surface area contributed by atoms with Crippen LogP contribution in [0.3, 0.4) is 0 Å². The fourth-order valence-electron chi connectivity index (χ4n) is 1.32. The summed E-state index contributed by atoms with van der Waals surface area (Å²) < 4.78 is 5.23. The number of furan rings is 1. The molecule has 0 amide bonds. The Morgan fingerprint density at radius 1 is 1.57 bits per heavy atom. The molecule has 0 spiro atoms. The van der Waals surface area contributed by atoms with Crippen LogP contribution < -0.4 is 17.0 Å². The van der Waals surface area contributed by atoms with E-state index in [1.165, 1.54) is 0 Å². The minimum absolute atomic E-state index is 0.274. The number of hydrazine groups is 1. The molecule has 1 atom stereocenters. The lowest BCUT2D eigenvalue weighted by Crippen LogP contribution is -2.28. The molecule has 6 N–H and O–H groups in total. The molecule has 0 aliphatic rings. The molecule has 14 heavy (non-hydrogen) atoms. The van der Waals surface area contributed by atoms with Crippen LogP contribution in [0.1, 0.15) is 17.4 Å². The van der Waals surface area contributed by atoms with Crippen molar-refractivity contribution in [3.05, 3.63) is 35.9 Å². The minimum Gasteiger partial charge on any atom is -0.467 e. The van der Waals surface area contributed by atoms with Crippen molar-refractivity contribution in [2.24, 2.45) is 5.84 Å². The lowest BCUT2D eigenvalue weighted by molar-refractivity contribution is 0.453. The van der Waals surface area contributed by atoms with Gasteiger partial charge in [0, 0.05) is 5.56 Å². The first kappa shape index (κ1) is 8.79.